The number of hydrogen-bond acceptors (Lipinski definition) is 4. The fourth-order valence-corrected chi connectivity index (χ4v) is 1.43. The maximum Gasteiger partial charge on any atom is 0.228 e. The Bertz CT molecular complexity index is 584. The van der Waals surface area contributed by atoms with Crippen molar-refractivity contribution in [3.8, 4) is 6.07 Å². The molecule has 1 aromatic carbocycles. The summed E-state index contributed by atoms with van der Waals surface area (Å²) in [6.45, 7) is 4.11. The van der Waals surface area contributed by atoms with Gasteiger partial charge < -0.3 is 5.32 Å². The van der Waals surface area contributed by atoms with Crippen molar-refractivity contribution >= 4 is 11.6 Å². The van der Waals surface area contributed by atoms with Crippen molar-refractivity contribution in [1.82, 2.24) is 9.97 Å². The number of rotatable bonds is 2. The van der Waals surface area contributed by atoms with Gasteiger partial charge in [-0.3, -0.25) is 0 Å². The molecule has 4 nitrogen and oxygen atoms in total. The van der Waals surface area contributed by atoms with Gasteiger partial charge in [0, 0.05) is 11.9 Å². The number of aromatic nitrogens is 2. The lowest BCUT2D eigenvalue weighted by Gasteiger charge is -2.07. The molecule has 84 valence electrons. The molecular weight excluding hydrogens is 212 g/mol. The molecule has 0 bridgehead atoms. The first-order chi connectivity index (χ1) is 8.19. The molecule has 0 atom stereocenters. The topological polar surface area (TPSA) is 61.6 Å². The van der Waals surface area contributed by atoms with Gasteiger partial charge in [0.15, 0.2) is 0 Å². The monoisotopic (exact) mass is 224 g/mol. The molecule has 0 fully saturated rings. The van der Waals surface area contributed by atoms with Crippen LogP contribution in [0, 0.1) is 25.2 Å². The van der Waals surface area contributed by atoms with E-state index in [2.05, 4.69) is 22.2 Å². The molecule has 0 aliphatic rings. The molecule has 1 heterocycles. The highest BCUT2D eigenvalue weighted by Gasteiger charge is 2.00. The fourth-order valence-electron chi connectivity index (χ4n) is 1.43. The van der Waals surface area contributed by atoms with Crippen LogP contribution in [0.25, 0.3) is 0 Å². The molecule has 1 aromatic heterocycles. The van der Waals surface area contributed by atoms with E-state index in [4.69, 9.17) is 5.26 Å². The highest BCUT2D eigenvalue weighted by molar-refractivity contribution is 5.55. The normalized spacial score (nSPS) is 9.71. The molecule has 17 heavy (non-hydrogen) atoms. The van der Waals surface area contributed by atoms with Crippen molar-refractivity contribution in [2.75, 3.05) is 5.32 Å². The van der Waals surface area contributed by atoms with E-state index in [1.165, 1.54) is 11.1 Å². The molecule has 0 amide bonds. The zero-order chi connectivity index (χ0) is 12.3. The van der Waals surface area contributed by atoms with Crippen LogP contribution in [0.2, 0.25) is 0 Å². The highest BCUT2D eigenvalue weighted by Crippen LogP contribution is 2.17. The van der Waals surface area contributed by atoms with Crippen molar-refractivity contribution < 1.29 is 0 Å². The lowest BCUT2D eigenvalue weighted by molar-refractivity contribution is 1.14. The second-order valence-corrected chi connectivity index (χ2v) is 3.80. The van der Waals surface area contributed by atoms with E-state index in [9.17, 15) is 0 Å². The molecule has 0 unspecified atom stereocenters. The first-order valence-electron chi connectivity index (χ1n) is 5.26. The third-order valence-electron chi connectivity index (χ3n) is 2.53. The summed E-state index contributed by atoms with van der Waals surface area (Å²) < 4.78 is 0. The summed E-state index contributed by atoms with van der Waals surface area (Å²) in [5.74, 6) is 0.437. The van der Waals surface area contributed by atoms with Gasteiger partial charge in [-0.05, 0) is 43.2 Å². The van der Waals surface area contributed by atoms with Gasteiger partial charge >= 0.3 is 0 Å². The van der Waals surface area contributed by atoms with Crippen LogP contribution in [0.5, 0.6) is 0 Å². The van der Waals surface area contributed by atoms with Gasteiger partial charge in [0.2, 0.25) is 5.95 Å². The molecule has 4 heteroatoms. The number of benzene rings is 1. The van der Waals surface area contributed by atoms with Crippen LogP contribution < -0.4 is 5.32 Å². The van der Waals surface area contributed by atoms with Crippen LogP contribution in [0.4, 0.5) is 11.6 Å². The summed E-state index contributed by atoms with van der Waals surface area (Å²) in [4.78, 5) is 8.12. The van der Waals surface area contributed by atoms with Crippen molar-refractivity contribution in [1.29, 1.82) is 5.26 Å². The van der Waals surface area contributed by atoms with E-state index in [1.807, 2.05) is 31.2 Å². The smallest absolute Gasteiger partial charge is 0.228 e. The largest absolute Gasteiger partial charge is 0.324 e. The van der Waals surface area contributed by atoms with E-state index in [-0.39, 0.29) is 0 Å². The van der Waals surface area contributed by atoms with Gasteiger partial charge in [0.25, 0.3) is 0 Å². The quantitative estimate of drug-likeness (QED) is 0.851. The lowest BCUT2D eigenvalue weighted by atomic mass is 10.1. The van der Waals surface area contributed by atoms with Gasteiger partial charge in [-0.2, -0.15) is 5.26 Å². The Morgan fingerprint density at radius 3 is 2.71 bits per heavy atom. The molecular formula is C13H12N4. The number of anilines is 2. The Hall–Kier alpha value is -2.41. The highest BCUT2D eigenvalue weighted by atomic mass is 15.1. The summed E-state index contributed by atoms with van der Waals surface area (Å²) in [7, 11) is 0. The average molecular weight is 224 g/mol. The second-order valence-electron chi connectivity index (χ2n) is 3.80. The van der Waals surface area contributed by atoms with Crippen LogP contribution in [-0.2, 0) is 0 Å². The van der Waals surface area contributed by atoms with Gasteiger partial charge in [-0.25, -0.2) is 9.97 Å². The average Bonchev–Trinajstić information content (AvgIpc) is 2.34. The maximum atomic E-state index is 8.74. The Balaban J connectivity index is 2.25. The molecule has 0 aliphatic carbocycles. The summed E-state index contributed by atoms with van der Waals surface area (Å²) in [5.41, 5.74) is 3.71. The standard InChI is InChI=1S/C13H12N4/c1-9-3-4-11(7-10(9)2)16-13-15-6-5-12(8-14)17-13/h3-7H,1-2H3,(H,15,16,17). The molecule has 0 aliphatic heterocycles. The molecule has 2 aromatic rings. The minimum absolute atomic E-state index is 0.353. The van der Waals surface area contributed by atoms with Gasteiger partial charge in [-0.15, -0.1) is 0 Å². The molecule has 1 N–H and O–H groups in total. The number of nitrogens with one attached hydrogen (secondary N) is 1. The molecule has 2 rings (SSSR count). The molecule has 0 saturated carbocycles. The van der Waals surface area contributed by atoms with Gasteiger partial charge in [0.05, 0.1) is 0 Å². The number of aryl methyl sites for hydroxylation is 2. The Labute approximate surface area is 100.0 Å². The predicted molar refractivity (Wildman–Crippen MR) is 65.9 cm³/mol. The first kappa shape index (κ1) is 11.1. The Morgan fingerprint density at radius 1 is 1.18 bits per heavy atom. The number of hydrogen-bond donors (Lipinski definition) is 1. The molecule has 0 saturated heterocycles. The first-order valence-corrected chi connectivity index (χ1v) is 5.26. The molecule has 0 radical (unpaired) electrons. The summed E-state index contributed by atoms with van der Waals surface area (Å²) in [6, 6.07) is 9.58. The van der Waals surface area contributed by atoms with Crippen molar-refractivity contribution in [2.24, 2.45) is 0 Å². The summed E-state index contributed by atoms with van der Waals surface area (Å²) in [5, 5.41) is 11.8. The van der Waals surface area contributed by atoms with Gasteiger partial charge in [-0.1, -0.05) is 6.07 Å². The fraction of sp³-hybridized carbons (Fsp3) is 0.154. The van der Waals surface area contributed by atoms with Crippen LogP contribution in [0.1, 0.15) is 16.8 Å². The SMILES string of the molecule is Cc1ccc(Nc2nccc(C#N)n2)cc1C. The summed E-state index contributed by atoms with van der Waals surface area (Å²) >= 11 is 0. The van der Waals surface area contributed by atoms with E-state index < -0.39 is 0 Å². The van der Waals surface area contributed by atoms with Crippen molar-refractivity contribution in [3.63, 3.8) is 0 Å². The minimum Gasteiger partial charge on any atom is -0.324 e. The zero-order valence-corrected chi connectivity index (χ0v) is 9.73. The minimum atomic E-state index is 0.353. The van der Waals surface area contributed by atoms with E-state index in [0.29, 0.717) is 11.6 Å². The van der Waals surface area contributed by atoms with E-state index >= 15 is 0 Å². The third kappa shape index (κ3) is 2.58. The number of nitriles is 1. The zero-order valence-electron chi connectivity index (χ0n) is 9.73. The van der Waals surface area contributed by atoms with Crippen molar-refractivity contribution in [3.05, 3.63) is 47.3 Å². The van der Waals surface area contributed by atoms with Crippen molar-refractivity contribution in [2.45, 2.75) is 13.8 Å². The second kappa shape index (κ2) is 4.62. The van der Waals surface area contributed by atoms with E-state index in [0.717, 1.165) is 5.69 Å². The van der Waals surface area contributed by atoms with Crippen LogP contribution in [0.15, 0.2) is 30.5 Å². The number of nitrogens with zero attached hydrogens (tertiary/aromatic N) is 3. The molecule has 0 spiro atoms. The summed E-state index contributed by atoms with van der Waals surface area (Å²) in [6.07, 6.45) is 1.56. The van der Waals surface area contributed by atoms with E-state index in [1.54, 1.807) is 12.3 Å². The van der Waals surface area contributed by atoms with Crippen LogP contribution >= 0.6 is 0 Å². The van der Waals surface area contributed by atoms with Crippen LogP contribution in [-0.4, -0.2) is 9.97 Å². The third-order valence-corrected chi connectivity index (χ3v) is 2.53. The van der Waals surface area contributed by atoms with Gasteiger partial charge in [0.1, 0.15) is 11.8 Å². The lowest BCUT2D eigenvalue weighted by Crippen LogP contribution is -1.98. The predicted octanol–water partition coefficient (Wildman–Crippen LogP) is 2.71. The maximum absolute atomic E-state index is 8.74. The van der Waals surface area contributed by atoms with Crippen LogP contribution in [0.3, 0.4) is 0 Å². The Kier molecular flexibility index (Phi) is 3.01. The Morgan fingerprint density at radius 2 is 2.00 bits per heavy atom.